The molecule has 0 aromatic heterocycles. The third kappa shape index (κ3) is 5.02. The average Bonchev–Trinajstić information content (AvgIpc) is 2.26. The van der Waals surface area contributed by atoms with Crippen LogP contribution in [0.25, 0.3) is 0 Å². The Morgan fingerprint density at radius 3 is 2.50 bits per heavy atom. The molecule has 0 bridgehead atoms. The summed E-state index contributed by atoms with van der Waals surface area (Å²) in [7, 11) is 1.65. The van der Waals surface area contributed by atoms with Crippen molar-refractivity contribution in [3.63, 3.8) is 0 Å². The molecule has 1 unspecified atom stereocenters. The Morgan fingerprint density at radius 1 is 1.40 bits per heavy atom. The lowest BCUT2D eigenvalue weighted by molar-refractivity contribution is -0.141. The Hall–Kier alpha value is -1.27. The minimum absolute atomic E-state index is 0.00880. The minimum atomic E-state index is -4.45. The van der Waals surface area contributed by atoms with Gasteiger partial charge in [0.2, 0.25) is 0 Å². The smallest absolute Gasteiger partial charge is 0.416 e. The maximum Gasteiger partial charge on any atom is 0.416 e. The van der Waals surface area contributed by atoms with Crippen LogP contribution in [0.1, 0.15) is 18.1 Å². The largest absolute Gasteiger partial charge is 0.481 e. The van der Waals surface area contributed by atoms with Crippen LogP contribution in [-0.4, -0.2) is 29.6 Å². The Kier molecular flexibility index (Phi) is 5.42. The lowest BCUT2D eigenvalue weighted by Crippen LogP contribution is -2.28. The summed E-state index contributed by atoms with van der Waals surface area (Å²) in [5, 5.41) is 8.80. The van der Waals surface area contributed by atoms with Crippen LogP contribution < -0.4 is 0 Å². The van der Waals surface area contributed by atoms with Crippen LogP contribution in [0.4, 0.5) is 13.2 Å². The molecule has 0 saturated carbocycles. The molecule has 0 fully saturated rings. The second kappa shape index (κ2) is 6.45. The predicted molar refractivity (Wildman–Crippen MR) is 69.6 cm³/mol. The van der Waals surface area contributed by atoms with Gasteiger partial charge in [-0.25, -0.2) is 0 Å². The summed E-state index contributed by atoms with van der Waals surface area (Å²) in [6.45, 7) is 1.97. The van der Waals surface area contributed by atoms with E-state index in [2.05, 4.69) is 0 Å². The zero-order valence-corrected chi connectivity index (χ0v) is 11.8. The number of rotatable bonds is 5. The SMILES string of the molecule is CC(CN(C)Cc1cc(Cl)cc(C(F)(F)F)c1)C(=O)O. The van der Waals surface area contributed by atoms with Crippen molar-refractivity contribution in [3.05, 3.63) is 34.3 Å². The predicted octanol–water partition coefficient (Wildman–Crippen LogP) is 3.51. The first-order chi connectivity index (χ1) is 9.09. The molecule has 1 atom stereocenters. The van der Waals surface area contributed by atoms with Crippen LogP contribution in [-0.2, 0) is 17.5 Å². The quantitative estimate of drug-likeness (QED) is 0.905. The van der Waals surface area contributed by atoms with Gasteiger partial charge in [0, 0.05) is 18.1 Å². The molecule has 20 heavy (non-hydrogen) atoms. The van der Waals surface area contributed by atoms with E-state index in [0.29, 0.717) is 5.56 Å². The Morgan fingerprint density at radius 2 is 2.00 bits per heavy atom. The second-order valence-electron chi connectivity index (χ2n) is 4.78. The van der Waals surface area contributed by atoms with Gasteiger partial charge >= 0.3 is 12.1 Å². The van der Waals surface area contributed by atoms with E-state index >= 15 is 0 Å². The van der Waals surface area contributed by atoms with Crippen LogP contribution in [0.15, 0.2) is 18.2 Å². The maximum absolute atomic E-state index is 12.7. The van der Waals surface area contributed by atoms with Crippen molar-refractivity contribution in [1.29, 1.82) is 0 Å². The van der Waals surface area contributed by atoms with E-state index in [1.54, 1.807) is 11.9 Å². The molecular formula is C13H15ClF3NO2. The topological polar surface area (TPSA) is 40.5 Å². The van der Waals surface area contributed by atoms with Crippen molar-refractivity contribution in [1.82, 2.24) is 4.90 Å². The summed E-state index contributed by atoms with van der Waals surface area (Å²) in [4.78, 5) is 12.4. The maximum atomic E-state index is 12.7. The lowest BCUT2D eigenvalue weighted by Gasteiger charge is -2.20. The number of alkyl halides is 3. The number of carboxylic acids is 1. The fourth-order valence-corrected chi connectivity index (χ4v) is 2.08. The second-order valence-corrected chi connectivity index (χ2v) is 5.22. The first-order valence-corrected chi connectivity index (χ1v) is 6.25. The van der Waals surface area contributed by atoms with Crippen LogP contribution in [0.2, 0.25) is 5.02 Å². The van der Waals surface area contributed by atoms with E-state index in [0.717, 1.165) is 12.1 Å². The summed E-state index contributed by atoms with van der Waals surface area (Å²) in [6, 6.07) is 3.33. The van der Waals surface area contributed by atoms with E-state index in [4.69, 9.17) is 16.7 Å². The third-order valence-corrected chi connectivity index (χ3v) is 2.96. The monoisotopic (exact) mass is 309 g/mol. The van der Waals surface area contributed by atoms with Gasteiger partial charge in [-0.1, -0.05) is 18.5 Å². The molecule has 0 amide bonds. The normalized spacial score (nSPS) is 13.6. The van der Waals surface area contributed by atoms with Crippen molar-refractivity contribution >= 4 is 17.6 Å². The van der Waals surface area contributed by atoms with Crippen LogP contribution in [0.5, 0.6) is 0 Å². The number of benzene rings is 1. The van der Waals surface area contributed by atoms with E-state index in [1.165, 1.54) is 13.0 Å². The van der Waals surface area contributed by atoms with Gasteiger partial charge in [0.05, 0.1) is 11.5 Å². The fraction of sp³-hybridized carbons (Fsp3) is 0.462. The van der Waals surface area contributed by atoms with Crippen LogP contribution >= 0.6 is 11.6 Å². The molecule has 3 nitrogen and oxygen atoms in total. The molecule has 0 aliphatic carbocycles. The summed E-state index contributed by atoms with van der Waals surface area (Å²) in [5.41, 5.74) is -0.412. The van der Waals surface area contributed by atoms with Crippen molar-refractivity contribution in [2.45, 2.75) is 19.6 Å². The zero-order chi connectivity index (χ0) is 15.5. The number of halogens is 4. The molecule has 0 aliphatic rings. The van der Waals surface area contributed by atoms with Crippen molar-refractivity contribution in [2.24, 2.45) is 5.92 Å². The summed E-state index contributed by atoms with van der Waals surface area (Å²) in [5.74, 6) is -1.54. The van der Waals surface area contributed by atoms with E-state index < -0.39 is 23.6 Å². The number of hydrogen-bond donors (Lipinski definition) is 1. The van der Waals surface area contributed by atoms with Gasteiger partial charge in [0.15, 0.2) is 0 Å². The standard InChI is InChI=1S/C13H15ClF3NO2/c1-8(12(19)20)6-18(2)7-9-3-10(13(15,16)17)5-11(14)4-9/h3-5,8H,6-7H2,1-2H3,(H,19,20). The molecule has 7 heteroatoms. The first kappa shape index (κ1) is 16.8. The van der Waals surface area contributed by atoms with Crippen molar-refractivity contribution < 1.29 is 23.1 Å². The van der Waals surface area contributed by atoms with Crippen molar-refractivity contribution in [3.8, 4) is 0 Å². The highest BCUT2D eigenvalue weighted by Gasteiger charge is 2.31. The lowest BCUT2D eigenvalue weighted by atomic mass is 10.1. The molecule has 0 aliphatic heterocycles. The molecule has 0 saturated heterocycles. The van der Waals surface area contributed by atoms with Crippen LogP contribution in [0.3, 0.4) is 0 Å². The molecular weight excluding hydrogens is 295 g/mol. The Labute approximate surface area is 120 Å². The van der Waals surface area contributed by atoms with Gasteiger partial charge in [-0.2, -0.15) is 13.2 Å². The Balaban J connectivity index is 2.82. The van der Waals surface area contributed by atoms with Gasteiger partial charge in [0.25, 0.3) is 0 Å². The fourth-order valence-electron chi connectivity index (χ4n) is 1.83. The highest BCUT2D eigenvalue weighted by atomic mass is 35.5. The molecule has 112 valence electrons. The number of aliphatic carboxylic acids is 1. The molecule has 1 rings (SSSR count). The van der Waals surface area contributed by atoms with Gasteiger partial charge in [-0.05, 0) is 30.8 Å². The Bertz CT molecular complexity index is 491. The molecule has 1 aromatic rings. The van der Waals surface area contributed by atoms with Gasteiger partial charge in [-0.15, -0.1) is 0 Å². The van der Waals surface area contributed by atoms with Gasteiger partial charge in [0.1, 0.15) is 0 Å². The molecule has 0 spiro atoms. The zero-order valence-electron chi connectivity index (χ0n) is 11.0. The van der Waals surface area contributed by atoms with E-state index in [-0.39, 0.29) is 18.1 Å². The summed E-state index contributed by atoms with van der Waals surface area (Å²) < 4.78 is 38.0. The number of hydrogen-bond acceptors (Lipinski definition) is 2. The first-order valence-electron chi connectivity index (χ1n) is 5.87. The number of carboxylic acid groups (broad SMARTS) is 1. The molecule has 1 aromatic carbocycles. The molecule has 0 radical (unpaired) electrons. The van der Waals surface area contributed by atoms with E-state index in [1.807, 2.05) is 0 Å². The molecule has 1 N–H and O–H groups in total. The minimum Gasteiger partial charge on any atom is -0.481 e. The summed E-state index contributed by atoms with van der Waals surface area (Å²) in [6.07, 6.45) is -4.45. The van der Waals surface area contributed by atoms with Gasteiger partial charge < -0.3 is 10.0 Å². The number of nitrogens with zero attached hydrogens (tertiary/aromatic N) is 1. The van der Waals surface area contributed by atoms with Crippen LogP contribution in [0, 0.1) is 5.92 Å². The number of carbonyl (C=O) groups is 1. The van der Waals surface area contributed by atoms with Gasteiger partial charge in [-0.3, -0.25) is 4.79 Å². The highest BCUT2D eigenvalue weighted by molar-refractivity contribution is 6.30. The summed E-state index contributed by atoms with van der Waals surface area (Å²) >= 11 is 5.68. The highest BCUT2D eigenvalue weighted by Crippen LogP contribution is 2.32. The van der Waals surface area contributed by atoms with E-state index in [9.17, 15) is 18.0 Å². The van der Waals surface area contributed by atoms with Crippen molar-refractivity contribution in [2.75, 3.05) is 13.6 Å². The average molecular weight is 310 g/mol. The molecule has 0 heterocycles. The third-order valence-electron chi connectivity index (χ3n) is 2.74.